The Morgan fingerprint density at radius 2 is 2.15 bits per heavy atom. The van der Waals surface area contributed by atoms with Crippen molar-refractivity contribution < 1.29 is 13.6 Å². The molecule has 0 aliphatic carbocycles. The summed E-state index contributed by atoms with van der Waals surface area (Å²) in [5.41, 5.74) is 8.77. The second kappa shape index (κ2) is 7.98. The maximum Gasteiger partial charge on any atom is 0.261 e. The molecule has 0 unspecified atom stereocenters. The number of benzene rings is 1. The second-order valence-electron chi connectivity index (χ2n) is 6.35. The van der Waals surface area contributed by atoms with Crippen LogP contribution in [0.3, 0.4) is 0 Å². The normalized spacial score (nSPS) is 12.2. The van der Waals surface area contributed by atoms with Gasteiger partial charge in [0.2, 0.25) is 0 Å². The van der Waals surface area contributed by atoms with Gasteiger partial charge in [-0.25, -0.2) is 8.78 Å². The first kappa shape index (κ1) is 19.2. The Kier molecular flexibility index (Phi) is 5.67. The van der Waals surface area contributed by atoms with Gasteiger partial charge >= 0.3 is 0 Å². The molecule has 1 aromatic carbocycles. The van der Waals surface area contributed by atoms with E-state index in [0.717, 1.165) is 35.0 Å². The van der Waals surface area contributed by atoms with Crippen LogP contribution in [0.4, 0.5) is 8.78 Å². The first-order chi connectivity index (χ1) is 12.9. The van der Waals surface area contributed by atoms with Crippen LogP contribution < -0.4 is 11.1 Å². The lowest BCUT2D eigenvalue weighted by molar-refractivity contribution is 0.0942. The summed E-state index contributed by atoms with van der Waals surface area (Å²) in [5, 5.41) is 8.90. The Labute approximate surface area is 159 Å². The first-order valence-electron chi connectivity index (χ1n) is 8.41. The van der Waals surface area contributed by atoms with E-state index in [0.29, 0.717) is 4.88 Å². The standard InChI is InChI=1S/C19H20F2N4OS/c1-11-9-23-25(2)18(11)13-7-17(27-10-13)19(26)24-15(8-22)6-12-5-14(20)3-4-16(12)21/h3-5,7,9-10,15H,6,8,22H2,1-2H3,(H,24,26)/t15-/m0/s1. The Hall–Kier alpha value is -2.58. The lowest BCUT2D eigenvalue weighted by atomic mass is 10.0. The number of rotatable bonds is 6. The van der Waals surface area contributed by atoms with Gasteiger partial charge < -0.3 is 11.1 Å². The lowest BCUT2D eigenvalue weighted by Crippen LogP contribution is -2.41. The summed E-state index contributed by atoms with van der Waals surface area (Å²) < 4.78 is 28.9. The zero-order chi connectivity index (χ0) is 19.6. The zero-order valence-corrected chi connectivity index (χ0v) is 15.8. The Morgan fingerprint density at radius 3 is 2.81 bits per heavy atom. The zero-order valence-electron chi connectivity index (χ0n) is 15.0. The fourth-order valence-electron chi connectivity index (χ4n) is 2.96. The van der Waals surface area contributed by atoms with Gasteiger partial charge in [0.15, 0.2) is 0 Å². The highest BCUT2D eigenvalue weighted by molar-refractivity contribution is 7.12. The van der Waals surface area contributed by atoms with E-state index in [2.05, 4.69) is 10.4 Å². The van der Waals surface area contributed by atoms with Crippen molar-refractivity contribution in [2.24, 2.45) is 12.8 Å². The molecule has 1 atom stereocenters. The Balaban J connectivity index is 1.73. The maximum atomic E-state index is 13.8. The average molecular weight is 390 g/mol. The summed E-state index contributed by atoms with van der Waals surface area (Å²) in [4.78, 5) is 13.1. The molecular formula is C19H20F2N4OS. The topological polar surface area (TPSA) is 72.9 Å². The molecule has 27 heavy (non-hydrogen) atoms. The molecule has 3 aromatic rings. The molecule has 0 saturated carbocycles. The van der Waals surface area contributed by atoms with Gasteiger partial charge in [0.1, 0.15) is 11.6 Å². The molecule has 0 aliphatic heterocycles. The second-order valence-corrected chi connectivity index (χ2v) is 7.26. The summed E-state index contributed by atoms with van der Waals surface area (Å²) in [6.07, 6.45) is 1.88. The van der Waals surface area contributed by atoms with E-state index >= 15 is 0 Å². The number of amides is 1. The van der Waals surface area contributed by atoms with E-state index in [9.17, 15) is 13.6 Å². The van der Waals surface area contributed by atoms with Crippen LogP contribution >= 0.6 is 11.3 Å². The monoisotopic (exact) mass is 390 g/mol. The van der Waals surface area contributed by atoms with Crippen LogP contribution in [0.25, 0.3) is 11.3 Å². The molecule has 3 N–H and O–H groups in total. The predicted molar refractivity (Wildman–Crippen MR) is 102 cm³/mol. The minimum absolute atomic E-state index is 0.112. The Morgan fingerprint density at radius 1 is 1.37 bits per heavy atom. The molecule has 0 radical (unpaired) electrons. The number of nitrogens with zero attached hydrogens (tertiary/aromatic N) is 2. The number of hydrogen-bond acceptors (Lipinski definition) is 4. The van der Waals surface area contributed by atoms with Crippen molar-refractivity contribution in [1.29, 1.82) is 0 Å². The van der Waals surface area contributed by atoms with E-state index in [1.165, 1.54) is 11.3 Å². The smallest absolute Gasteiger partial charge is 0.261 e. The average Bonchev–Trinajstić information content (AvgIpc) is 3.24. The van der Waals surface area contributed by atoms with Gasteiger partial charge in [-0.2, -0.15) is 5.10 Å². The summed E-state index contributed by atoms with van der Waals surface area (Å²) in [6.45, 7) is 2.07. The summed E-state index contributed by atoms with van der Waals surface area (Å²) in [6, 6.07) is 4.54. The molecule has 1 amide bonds. The number of carbonyl (C=O) groups is 1. The van der Waals surface area contributed by atoms with Crippen LogP contribution in [0, 0.1) is 18.6 Å². The van der Waals surface area contributed by atoms with Gasteiger partial charge in [0.05, 0.1) is 16.8 Å². The van der Waals surface area contributed by atoms with Crippen LogP contribution in [-0.2, 0) is 13.5 Å². The van der Waals surface area contributed by atoms with E-state index in [4.69, 9.17) is 5.73 Å². The molecule has 142 valence electrons. The number of hydrogen-bond donors (Lipinski definition) is 2. The number of halogens is 2. The molecule has 0 saturated heterocycles. The maximum absolute atomic E-state index is 13.8. The van der Waals surface area contributed by atoms with Crippen LogP contribution in [0.2, 0.25) is 0 Å². The minimum Gasteiger partial charge on any atom is -0.347 e. The van der Waals surface area contributed by atoms with Gasteiger partial charge in [-0.15, -0.1) is 11.3 Å². The van der Waals surface area contributed by atoms with Crippen molar-refractivity contribution in [3.8, 4) is 11.3 Å². The highest BCUT2D eigenvalue weighted by atomic mass is 32.1. The highest BCUT2D eigenvalue weighted by Gasteiger charge is 2.18. The summed E-state index contributed by atoms with van der Waals surface area (Å²) >= 11 is 1.31. The number of carbonyl (C=O) groups excluding carboxylic acids is 1. The molecule has 8 heteroatoms. The Bertz CT molecular complexity index is 947. The van der Waals surface area contributed by atoms with Crippen LogP contribution in [0.1, 0.15) is 20.8 Å². The molecule has 2 heterocycles. The van der Waals surface area contributed by atoms with Crippen molar-refractivity contribution in [1.82, 2.24) is 15.1 Å². The van der Waals surface area contributed by atoms with E-state index in [-0.39, 0.29) is 24.4 Å². The third kappa shape index (κ3) is 4.23. The van der Waals surface area contributed by atoms with Crippen LogP contribution in [0.15, 0.2) is 35.8 Å². The van der Waals surface area contributed by atoms with Crippen molar-refractivity contribution in [2.45, 2.75) is 19.4 Å². The van der Waals surface area contributed by atoms with Crippen molar-refractivity contribution in [3.63, 3.8) is 0 Å². The van der Waals surface area contributed by atoms with Gasteiger partial charge in [0, 0.05) is 30.6 Å². The van der Waals surface area contributed by atoms with Crippen molar-refractivity contribution in [3.05, 3.63) is 63.5 Å². The van der Waals surface area contributed by atoms with Gasteiger partial charge in [-0.3, -0.25) is 9.48 Å². The SMILES string of the molecule is Cc1cnn(C)c1-c1csc(C(=O)N[C@H](CN)Cc2cc(F)ccc2F)c1. The number of thiophene rings is 1. The predicted octanol–water partition coefficient (Wildman–Crippen LogP) is 3.04. The molecule has 0 bridgehead atoms. The van der Waals surface area contributed by atoms with Gasteiger partial charge in [0.25, 0.3) is 5.91 Å². The highest BCUT2D eigenvalue weighted by Crippen LogP contribution is 2.27. The molecule has 2 aromatic heterocycles. The van der Waals surface area contributed by atoms with Crippen molar-refractivity contribution in [2.75, 3.05) is 6.54 Å². The van der Waals surface area contributed by atoms with E-state index in [1.807, 2.05) is 19.4 Å². The fourth-order valence-corrected chi connectivity index (χ4v) is 3.75. The molecule has 0 fully saturated rings. The number of nitrogens with one attached hydrogen (secondary N) is 1. The number of aromatic nitrogens is 2. The summed E-state index contributed by atoms with van der Waals surface area (Å²) in [5.74, 6) is -1.34. The van der Waals surface area contributed by atoms with E-state index < -0.39 is 17.7 Å². The van der Waals surface area contributed by atoms with Crippen LogP contribution in [-0.4, -0.2) is 28.3 Å². The lowest BCUT2D eigenvalue weighted by Gasteiger charge is -2.17. The third-order valence-corrected chi connectivity index (χ3v) is 5.24. The van der Waals surface area contributed by atoms with Gasteiger partial charge in [-0.05, 0) is 48.7 Å². The molecular weight excluding hydrogens is 370 g/mol. The molecule has 0 aliphatic rings. The van der Waals surface area contributed by atoms with Crippen LogP contribution in [0.5, 0.6) is 0 Å². The number of nitrogens with two attached hydrogens (primary N) is 1. The van der Waals surface area contributed by atoms with Gasteiger partial charge in [-0.1, -0.05) is 0 Å². The minimum atomic E-state index is -0.525. The molecule has 3 rings (SSSR count). The molecule has 0 spiro atoms. The number of aryl methyl sites for hydroxylation is 2. The molecule has 5 nitrogen and oxygen atoms in total. The first-order valence-corrected chi connectivity index (χ1v) is 9.29. The fraction of sp³-hybridized carbons (Fsp3) is 0.263. The van der Waals surface area contributed by atoms with E-state index in [1.54, 1.807) is 16.9 Å². The third-order valence-electron chi connectivity index (χ3n) is 4.31. The quantitative estimate of drug-likeness (QED) is 0.680. The summed E-state index contributed by atoms with van der Waals surface area (Å²) in [7, 11) is 1.84. The van der Waals surface area contributed by atoms with Crippen molar-refractivity contribution >= 4 is 17.2 Å². The largest absolute Gasteiger partial charge is 0.347 e.